The summed E-state index contributed by atoms with van der Waals surface area (Å²) in [6, 6.07) is 0. The Hall–Kier alpha value is -2.60. The summed E-state index contributed by atoms with van der Waals surface area (Å²) < 4.78 is 0. The van der Waals surface area contributed by atoms with Crippen molar-refractivity contribution in [3.8, 4) is 0 Å². The average molecular weight is 423 g/mol. The van der Waals surface area contributed by atoms with Crippen LogP contribution in [0.1, 0.15) is 77.0 Å². The smallest absolute Gasteiger partial charge is 0.00739 e. The van der Waals surface area contributed by atoms with Crippen LogP contribution >= 0.6 is 0 Å². The van der Waals surface area contributed by atoms with E-state index in [-0.39, 0.29) is 0 Å². The first-order valence-corrected chi connectivity index (χ1v) is 12.8. The summed E-state index contributed by atoms with van der Waals surface area (Å²) in [5.74, 6) is 0. The largest absolute Gasteiger partial charge is 0.0845 e. The van der Waals surface area contributed by atoms with Crippen LogP contribution in [0.5, 0.6) is 0 Å². The van der Waals surface area contributed by atoms with E-state index in [4.69, 9.17) is 0 Å². The summed E-state index contributed by atoms with van der Waals surface area (Å²) in [4.78, 5) is 0. The maximum absolute atomic E-state index is 2.55. The van der Waals surface area contributed by atoms with Gasteiger partial charge in [0.2, 0.25) is 0 Å². The summed E-state index contributed by atoms with van der Waals surface area (Å²) in [7, 11) is 0. The SMILES string of the molecule is C1=CC=C(C2=C(C3=CC=CCCCC3)C(C3=CCCCCCC3)=CC=CC=C2)CCC=C1. The van der Waals surface area contributed by atoms with E-state index in [1.54, 1.807) is 5.57 Å². The Kier molecular flexibility index (Phi) is 8.78. The Morgan fingerprint density at radius 1 is 0.469 bits per heavy atom. The monoisotopic (exact) mass is 422 g/mol. The van der Waals surface area contributed by atoms with Crippen LogP contribution in [-0.4, -0.2) is 0 Å². The second-order valence-electron chi connectivity index (χ2n) is 9.20. The lowest BCUT2D eigenvalue weighted by Gasteiger charge is -2.25. The van der Waals surface area contributed by atoms with E-state index in [0.29, 0.717) is 0 Å². The van der Waals surface area contributed by atoms with E-state index in [9.17, 15) is 0 Å². The van der Waals surface area contributed by atoms with Crippen LogP contribution in [0.25, 0.3) is 0 Å². The molecule has 0 radical (unpaired) electrons. The summed E-state index contributed by atoms with van der Waals surface area (Å²) >= 11 is 0. The van der Waals surface area contributed by atoms with Gasteiger partial charge in [-0.1, -0.05) is 97.9 Å². The summed E-state index contributed by atoms with van der Waals surface area (Å²) in [5, 5.41) is 0. The van der Waals surface area contributed by atoms with Gasteiger partial charge in [0, 0.05) is 0 Å². The van der Waals surface area contributed by atoms with Crippen molar-refractivity contribution in [2.24, 2.45) is 0 Å². The molecule has 0 aromatic carbocycles. The van der Waals surface area contributed by atoms with E-state index < -0.39 is 0 Å². The van der Waals surface area contributed by atoms with Crippen molar-refractivity contribution >= 4 is 0 Å². The Bertz CT molecular complexity index is 960. The van der Waals surface area contributed by atoms with E-state index in [0.717, 1.165) is 19.3 Å². The van der Waals surface area contributed by atoms with Crippen molar-refractivity contribution < 1.29 is 0 Å². The van der Waals surface area contributed by atoms with Gasteiger partial charge in [-0.3, -0.25) is 0 Å². The van der Waals surface area contributed by atoms with E-state index in [1.165, 1.54) is 85.7 Å². The fraction of sp³-hybridized carbons (Fsp3) is 0.375. The van der Waals surface area contributed by atoms with Crippen LogP contribution in [0, 0.1) is 0 Å². The quantitative estimate of drug-likeness (QED) is 0.425. The summed E-state index contributed by atoms with van der Waals surface area (Å²) in [6.07, 6.45) is 47.1. The fourth-order valence-corrected chi connectivity index (χ4v) is 5.10. The average Bonchev–Trinajstić information content (AvgIpc) is 2.70. The molecule has 0 unspecified atom stereocenters. The summed E-state index contributed by atoms with van der Waals surface area (Å²) in [5.41, 5.74) is 8.89. The highest BCUT2D eigenvalue weighted by Gasteiger charge is 2.21. The minimum Gasteiger partial charge on any atom is -0.0845 e. The van der Waals surface area contributed by atoms with E-state index in [2.05, 4.69) is 85.1 Å². The third-order valence-corrected chi connectivity index (χ3v) is 6.83. The standard InChI is InChI=1S/C32H38/c1-4-11-19-27(20-12-5-1)30-25-17-10-18-26-31(28-21-13-6-2-7-14-22-28)32(30)29-23-15-8-3-9-16-24-29/h1,4-5,8,10-11,15,17-19,21,23,25-26H,2-3,6-7,9,12-14,16,20,22,24H2. The molecule has 0 aromatic heterocycles. The van der Waals surface area contributed by atoms with Crippen LogP contribution in [0.2, 0.25) is 0 Å². The molecule has 4 rings (SSSR count). The molecule has 0 fully saturated rings. The maximum Gasteiger partial charge on any atom is -0.00739 e. The first-order valence-electron chi connectivity index (χ1n) is 12.8. The molecule has 4 aliphatic carbocycles. The second kappa shape index (κ2) is 12.4. The van der Waals surface area contributed by atoms with Crippen LogP contribution < -0.4 is 0 Å². The lowest BCUT2D eigenvalue weighted by atomic mass is 9.79. The minimum atomic E-state index is 1.09. The Morgan fingerprint density at radius 3 is 2.22 bits per heavy atom. The number of hydrogen-bond acceptors (Lipinski definition) is 0. The highest BCUT2D eigenvalue weighted by molar-refractivity contribution is 5.66. The molecular formula is C32H38. The van der Waals surface area contributed by atoms with Gasteiger partial charge < -0.3 is 0 Å². The molecule has 166 valence electrons. The van der Waals surface area contributed by atoms with Crippen LogP contribution in [-0.2, 0) is 0 Å². The minimum absolute atomic E-state index is 1.09. The first kappa shape index (κ1) is 22.6. The second-order valence-corrected chi connectivity index (χ2v) is 9.20. The van der Waals surface area contributed by atoms with Gasteiger partial charge >= 0.3 is 0 Å². The first-order chi connectivity index (χ1) is 15.9. The molecule has 4 aliphatic rings. The molecule has 0 bridgehead atoms. The van der Waals surface area contributed by atoms with Crippen LogP contribution in [0.3, 0.4) is 0 Å². The molecule has 0 heterocycles. The highest BCUT2D eigenvalue weighted by Crippen LogP contribution is 2.39. The van der Waals surface area contributed by atoms with Crippen molar-refractivity contribution in [1.82, 2.24) is 0 Å². The lowest BCUT2D eigenvalue weighted by Crippen LogP contribution is -2.07. The lowest BCUT2D eigenvalue weighted by molar-refractivity contribution is 0.627. The van der Waals surface area contributed by atoms with Gasteiger partial charge in [0.25, 0.3) is 0 Å². The molecule has 0 amide bonds. The van der Waals surface area contributed by atoms with Crippen LogP contribution in [0.4, 0.5) is 0 Å². The molecular weight excluding hydrogens is 384 g/mol. The van der Waals surface area contributed by atoms with E-state index in [1.807, 2.05) is 0 Å². The van der Waals surface area contributed by atoms with Gasteiger partial charge in [-0.05, 0) is 97.6 Å². The Labute approximate surface area is 195 Å². The zero-order valence-electron chi connectivity index (χ0n) is 19.6. The van der Waals surface area contributed by atoms with Gasteiger partial charge in [0.05, 0.1) is 0 Å². The highest BCUT2D eigenvalue weighted by atomic mass is 14.3. The van der Waals surface area contributed by atoms with Crippen LogP contribution in [0.15, 0.2) is 119 Å². The maximum atomic E-state index is 2.55. The molecule has 0 heteroatoms. The third-order valence-electron chi connectivity index (χ3n) is 6.83. The molecule has 0 saturated heterocycles. The normalized spacial score (nSPS) is 22.8. The van der Waals surface area contributed by atoms with Gasteiger partial charge in [-0.2, -0.15) is 0 Å². The van der Waals surface area contributed by atoms with Gasteiger partial charge in [-0.25, -0.2) is 0 Å². The van der Waals surface area contributed by atoms with E-state index >= 15 is 0 Å². The van der Waals surface area contributed by atoms with Gasteiger partial charge in [0.15, 0.2) is 0 Å². The van der Waals surface area contributed by atoms with Crippen molar-refractivity contribution in [2.75, 3.05) is 0 Å². The van der Waals surface area contributed by atoms with Gasteiger partial charge in [0.1, 0.15) is 0 Å². The predicted octanol–water partition coefficient (Wildman–Crippen LogP) is 9.51. The molecule has 0 spiro atoms. The zero-order valence-corrected chi connectivity index (χ0v) is 19.6. The third kappa shape index (κ3) is 6.22. The van der Waals surface area contributed by atoms with Crippen molar-refractivity contribution in [3.05, 3.63) is 119 Å². The van der Waals surface area contributed by atoms with Crippen molar-refractivity contribution in [2.45, 2.75) is 77.0 Å². The summed E-state index contributed by atoms with van der Waals surface area (Å²) in [6.45, 7) is 0. The predicted molar refractivity (Wildman–Crippen MR) is 140 cm³/mol. The molecule has 0 nitrogen and oxygen atoms in total. The fourth-order valence-electron chi connectivity index (χ4n) is 5.10. The number of allylic oxidation sites excluding steroid dienone is 20. The molecule has 32 heavy (non-hydrogen) atoms. The number of rotatable bonds is 3. The van der Waals surface area contributed by atoms with Crippen molar-refractivity contribution in [1.29, 1.82) is 0 Å². The Balaban J connectivity index is 1.89. The van der Waals surface area contributed by atoms with Crippen molar-refractivity contribution in [3.63, 3.8) is 0 Å². The molecule has 0 saturated carbocycles. The molecule has 0 N–H and O–H groups in total. The zero-order chi connectivity index (χ0) is 21.8. The molecule has 0 aliphatic heterocycles. The van der Waals surface area contributed by atoms with Gasteiger partial charge in [-0.15, -0.1) is 0 Å². The Morgan fingerprint density at radius 2 is 1.22 bits per heavy atom. The molecule has 0 aromatic rings. The molecule has 0 atom stereocenters. The number of hydrogen-bond donors (Lipinski definition) is 0. The topological polar surface area (TPSA) is 0 Å².